The molecule has 0 atom stereocenters. The summed E-state index contributed by atoms with van der Waals surface area (Å²) in [5.41, 5.74) is -2.21. The Kier molecular flexibility index (Phi) is 8.29. The monoisotopic (exact) mass is 459 g/mol. The molecule has 2 aromatic carbocycles. The minimum absolute atomic E-state index is 0.0423. The number of alkyl halides is 2. The molecule has 0 saturated heterocycles. The van der Waals surface area contributed by atoms with Gasteiger partial charge in [-0.25, -0.2) is 0 Å². The molecule has 3 N–H and O–H groups in total. The smallest absolute Gasteiger partial charge is 0.340 e. The number of nitrogens with one attached hydrogen (secondary N) is 1. The first-order valence-corrected chi connectivity index (χ1v) is 10.5. The third-order valence-corrected chi connectivity index (χ3v) is 5.46. The zero-order valence-electron chi connectivity index (χ0n) is 14.5. The Morgan fingerprint density at radius 2 is 1.78 bits per heavy atom. The summed E-state index contributed by atoms with van der Waals surface area (Å²) in [6, 6.07) is 14.1. The fourth-order valence-corrected chi connectivity index (χ4v) is 3.84. The van der Waals surface area contributed by atoms with Crippen LogP contribution in [0.3, 0.4) is 0 Å². The summed E-state index contributed by atoms with van der Waals surface area (Å²) in [7, 11) is -3.41. The second-order valence-electron chi connectivity index (χ2n) is 6.08. The predicted molar refractivity (Wildman–Crippen MR) is 105 cm³/mol. The normalized spacial score (nSPS) is 11.6. The van der Waals surface area contributed by atoms with E-state index in [-0.39, 0.29) is 10.4 Å². The van der Waals surface area contributed by atoms with Crippen molar-refractivity contribution in [3.8, 4) is 0 Å². The van der Waals surface area contributed by atoms with E-state index >= 15 is 0 Å². The van der Waals surface area contributed by atoms with Gasteiger partial charge in [0.15, 0.2) is 0 Å². The molecule has 0 aliphatic heterocycles. The molecule has 0 aromatic heterocycles. The van der Waals surface area contributed by atoms with Gasteiger partial charge < -0.3 is 15.1 Å². The number of hydrogen-bond acceptors (Lipinski definition) is 3. The third-order valence-electron chi connectivity index (χ3n) is 4.06. The van der Waals surface area contributed by atoms with Crippen LogP contribution >= 0.6 is 24.3 Å². The number of amides is 1. The molecular weight excluding hydrogens is 439 g/mol. The minimum Gasteiger partial charge on any atom is -0.356 e. The van der Waals surface area contributed by atoms with Crippen LogP contribution in [-0.2, 0) is 23.3 Å². The summed E-state index contributed by atoms with van der Waals surface area (Å²) in [4.78, 5) is 29.6. The van der Waals surface area contributed by atoms with Crippen LogP contribution in [0.4, 0.5) is 8.78 Å². The van der Waals surface area contributed by atoms with Gasteiger partial charge in [0, 0.05) is 23.0 Å². The highest BCUT2D eigenvalue weighted by Crippen LogP contribution is 2.54. The molecule has 2 aromatic rings. The van der Waals surface area contributed by atoms with Gasteiger partial charge in [-0.15, -0.1) is 0 Å². The fraction of sp³-hybridized carbons (Fsp3) is 0.316. The molecule has 1 amide bonds. The highest BCUT2D eigenvalue weighted by molar-refractivity contribution is 9.10. The van der Waals surface area contributed by atoms with Crippen molar-refractivity contribution in [2.75, 3.05) is 6.54 Å². The molecule has 0 aliphatic rings. The number of carbonyl (C=O) groups is 1. The predicted octanol–water partition coefficient (Wildman–Crippen LogP) is 4.48. The van der Waals surface area contributed by atoms with Crippen molar-refractivity contribution in [2.24, 2.45) is 0 Å². The van der Waals surface area contributed by atoms with Crippen molar-refractivity contribution in [2.45, 2.75) is 31.3 Å². The van der Waals surface area contributed by atoms with Crippen LogP contribution < -0.4 is 5.32 Å². The van der Waals surface area contributed by atoms with Crippen LogP contribution in [-0.4, -0.2) is 22.2 Å². The van der Waals surface area contributed by atoms with E-state index in [2.05, 4.69) is 21.2 Å². The van der Waals surface area contributed by atoms with E-state index in [0.29, 0.717) is 19.4 Å². The summed E-state index contributed by atoms with van der Waals surface area (Å²) in [6.07, 6.45) is 2.52. The molecule has 0 heterocycles. The molecule has 0 bridgehead atoms. The highest BCUT2D eigenvalue weighted by atomic mass is 79.9. The average molecular weight is 460 g/mol. The van der Waals surface area contributed by atoms with Crippen molar-refractivity contribution < 1.29 is 23.4 Å². The average Bonchev–Trinajstić information content (AvgIpc) is 2.62. The van der Waals surface area contributed by atoms with E-state index in [1.165, 1.54) is 23.8 Å². The molecule has 27 heavy (non-hydrogen) atoms. The van der Waals surface area contributed by atoms with E-state index in [0.717, 1.165) is 18.4 Å². The van der Waals surface area contributed by atoms with Crippen molar-refractivity contribution in [3.63, 3.8) is 0 Å². The molecule has 4 nitrogen and oxygen atoms in total. The molecule has 0 fully saturated rings. The maximum absolute atomic E-state index is 13.7. The Morgan fingerprint density at radius 3 is 2.41 bits per heavy atom. The van der Waals surface area contributed by atoms with E-state index in [9.17, 15) is 13.6 Å². The number of hydrogen-bond donors (Lipinski definition) is 3. The first-order valence-electron chi connectivity index (χ1n) is 8.46. The topological polar surface area (TPSA) is 69.6 Å². The lowest BCUT2D eigenvalue weighted by Gasteiger charge is -2.19. The number of carbonyl (C=O) groups excluding carboxylic acids is 1. The molecule has 0 unspecified atom stereocenters. The van der Waals surface area contributed by atoms with Gasteiger partial charge >= 0.3 is 5.66 Å². The molecule has 0 radical (unpaired) electrons. The van der Waals surface area contributed by atoms with Gasteiger partial charge in [-0.1, -0.05) is 58.4 Å². The Bertz CT molecular complexity index is 760. The molecule has 2 rings (SSSR count). The highest BCUT2D eigenvalue weighted by Gasteiger charge is 2.42. The molecule has 0 saturated carbocycles. The van der Waals surface area contributed by atoms with E-state index in [1.807, 2.05) is 30.3 Å². The maximum Gasteiger partial charge on any atom is 0.340 e. The zero-order valence-corrected chi connectivity index (χ0v) is 17.0. The number of halogens is 3. The maximum atomic E-state index is 13.7. The summed E-state index contributed by atoms with van der Waals surface area (Å²) in [5, 5.41) is 2.82. The molecule has 0 spiro atoms. The van der Waals surface area contributed by atoms with Gasteiger partial charge in [0.2, 0.25) is 14.3 Å². The standard InChI is InChI=1S/C19H21BrF2NO3P/c20-17-13-15(9-10-16(17)19(21,22)27(25)26)11-12-23-18(24)8-4-7-14-5-2-1-3-6-14/h1-3,5-6,9-10,13,25-26H,4,7-8,11-12H2,(H,23,24). The Labute approximate surface area is 166 Å². The Balaban J connectivity index is 1.76. The van der Waals surface area contributed by atoms with Crippen molar-refractivity contribution in [1.29, 1.82) is 0 Å². The molecular formula is C19H21BrF2NO3P. The van der Waals surface area contributed by atoms with Crippen LogP contribution in [0, 0.1) is 0 Å². The van der Waals surface area contributed by atoms with Gasteiger partial charge in [0.1, 0.15) is 0 Å². The molecule has 146 valence electrons. The fourth-order valence-electron chi connectivity index (χ4n) is 2.60. The van der Waals surface area contributed by atoms with Crippen LogP contribution in [0.2, 0.25) is 0 Å². The largest absolute Gasteiger partial charge is 0.356 e. The summed E-state index contributed by atoms with van der Waals surface area (Å²) in [6.45, 7) is 0.402. The summed E-state index contributed by atoms with van der Waals surface area (Å²) < 4.78 is 27.5. The quantitative estimate of drug-likeness (QED) is 0.484. The van der Waals surface area contributed by atoms with Gasteiger partial charge in [-0.2, -0.15) is 8.78 Å². The third kappa shape index (κ3) is 6.61. The lowest BCUT2D eigenvalue weighted by Crippen LogP contribution is -2.25. The van der Waals surface area contributed by atoms with Crippen molar-refractivity contribution in [3.05, 3.63) is 69.7 Å². The minimum atomic E-state index is -3.69. The van der Waals surface area contributed by atoms with Gasteiger partial charge in [-0.05, 0) is 36.5 Å². The second-order valence-corrected chi connectivity index (χ2v) is 8.08. The van der Waals surface area contributed by atoms with Crippen LogP contribution in [0.5, 0.6) is 0 Å². The van der Waals surface area contributed by atoms with Gasteiger partial charge in [0.25, 0.3) is 0 Å². The lowest BCUT2D eigenvalue weighted by atomic mass is 10.1. The van der Waals surface area contributed by atoms with E-state index in [4.69, 9.17) is 9.79 Å². The second kappa shape index (κ2) is 10.2. The van der Waals surface area contributed by atoms with Crippen molar-refractivity contribution >= 4 is 30.2 Å². The first kappa shape index (κ1) is 21.9. The van der Waals surface area contributed by atoms with Crippen molar-refractivity contribution in [1.82, 2.24) is 5.32 Å². The summed E-state index contributed by atoms with van der Waals surface area (Å²) >= 11 is 3.05. The zero-order chi connectivity index (χ0) is 19.9. The number of rotatable bonds is 9. The van der Waals surface area contributed by atoms with Crippen LogP contribution in [0.1, 0.15) is 29.5 Å². The van der Waals surface area contributed by atoms with Crippen LogP contribution in [0.25, 0.3) is 0 Å². The van der Waals surface area contributed by atoms with E-state index in [1.54, 1.807) is 0 Å². The number of benzene rings is 2. The Morgan fingerprint density at radius 1 is 1.07 bits per heavy atom. The van der Waals surface area contributed by atoms with E-state index < -0.39 is 19.6 Å². The summed E-state index contributed by atoms with van der Waals surface area (Å²) in [5.74, 6) is -0.0423. The lowest BCUT2D eigenvalue weighted by molar-refractivity contribution is -0.121. The van der Waals surface area contributed by atoms with Gasteiger partial charge in [0.05, 0.1) is 0 Å². The Hall–Kier alpha value is -1.40. The van der Waals surface area contributed by atoms with Gasteiger partial charge in [-0.3, -0.25) is 4.79 Å². The SMILES string of the molecule is O=C(CCCc1ccccc1)NCCc1ccc(C(F)(F)P(O)O)c(Br)c1. The first-order chi connectivity index (χ1) is 12.8. The van der Waals surface area contributed by atoms with Crippen LogP contribution in [0.15, 0.2) is 53.0 Å². The molecule has 8 heteroatoms. The number of aryl methyl sites for hydroxylation is 1. The molecule has 0 aliphatic carbocycles.